The predicted molar refractivity (Wildman–Crippen MR) is 109 cm³/mol. The van der Waals surface area contributed by atoms with E-state index >= 15 is 0 Å². The molecule has 138 valence electrons. The van der Waals surface area contributed by atoms with Gasteiger partial charge >= 0.3 is 5.97 Å². The van der Waals surface area contributed by atoms with Gasteiger partial charge < -0.3 is 10.1 Å². The lowest BCUT2D eigenvalue weighted by Gasteiger charge is -2.10. The van der Waals surface area contributed by atoms with Gasteiger partial charge in [-0.2, -0.15) is 0 Å². The monoisotopic (exact) mass is 435 g/mol. The van der Waals surface area contributed by atoms with E-state index in [1.54, 1.807) is 0 Å². The molecule has 1 fully saturated rings. The highest BCUT2D eigenvalue weighted by molar-refractivity contribution is 9.10. The largest absolute Gasteiger partial charge is 0.465 e. The second kappa shape index (κ2) is 8.82. The first-order valence-corrected chi connectivity index (χ1v) is 10.5. The summed E-state index contributed by atoms with van der Waals surface area (Å²) in [6, 6.07) is 7.72. The molecule has 0 aliphatic heterocycles. The molecular weight excluding hydrogens is 414 g/mol. The van der Waals surface area contributed by atoms with E-state index in [1.165, 1.54) is 44.1 Å². The number of methoxy groups -OCH3 is 1. The topological polar surface area (TPSA) is 55.4 Å². The molecule has 1 saturated carbocycles. The zero-order valence-electron chi connectivity index (χ0n) is 14.7. The number of hydrogen-bond donors (Lipinski definition) is 1. The minimum Gasteiger partial charge on any atom is -0.465 e. The molecule has 1 aromatic carbocycles. The van der Waals surface area contributed by atoms with Gasteiger partial charge in [-0.1, -0.05) is 53.7 Å². The van der Waals surface area contributed by atoms with Crippen molar-refractivity contribution < 1.29 is 14.3 Å². The molecule has 1 heterocycles. The minimum atomic E-state index is -0.435. The van der Waals surface area contributed by atoms with E-state index in [1.807, 2.05) is 29.6 Å². The maximum Gasteiger partial charge on any atom is 0.341 e. The number of carbonyl (C=O) groups excluding carboxylic acids is 2. The van der Waals surface area contributed by atoms with Crippen LogP contribution in [0.25, 0.3) is 11.1 Å². The van der Waals surface area contributed by atoms with Gasteiger partial charge in [-0.15, -0.1) is 11.3 Å². The van der Waals surface area contributed by atoms with Crippen LogP contribution >= 0.6 is 27.3 Å². The van der Waals surface area contributed by atoms with E-state index in [4.69, 9.17) is 4.74 Å². The fraction of sp³-hybridized carbons (Fsp3) is 0.400. The van der Waals surface area contributed by atoms with Crippen LogP contribution in [0.5, 0.6) is 0 Å². The number of benzene rings is 1. The summed E-state index contributed by atoms with van der Waals surface area (Å²) >= 11 is 4.78. The summed E-state index contributed by atoms with van der Waals surface area (Å²) in [6.07, 6.45) is 6.43. The van der Waals surface area contributed by atoms with Crippen molar-refractivity contribution in [2.45, 2.75) is 38.5 Å². The van der Waals surface area contributed by atoms with Gasteiger partial charge in [0, 0.05) is 21.8 Å². The lowest BCUT2D eigenvalue weighted by atomic mass is 10.0. The average molecular weight is 436 g/mol. The second-order valence-corrected chi connectivity index (χ2v) is 8.38. The fourth-order valence-corrected chi connectivity index (χ4v) is 4.66. The first-order valence-electron chi connectivity index (χ1n) is 8.84. The van der Waals surface area contributed by atoms with Gasteiger partial charge in [0.05, 0.1) is 7.11 Å². The zero-order valence-corrected chi connectivity index (χ0v) is 17.1. The maximum absolute atomic E-state index is 12.4. The van der Waals surface area contributed by atoms with Crippen LogP contribution in [0.15, 0.2) is 34.1 Å². The third-order valence-electron chi connectivity index (χ3n) is 4.84. The Kier molecular flexibility index (Phi) is 6.48. The van der Waals surface area contributed by atoms with E-state index in [0.717, 1.165) is 22.0 Å². The van der Waals surface area contributed by atoms with Crippen molar-refractivity contribution >= 4 is 44.1 Å². The summed E-state index contributed by atoms with van der Waals surface area (Å²) in [5.74, 6) is 0.198. The number of anilines is 1. The molecule has 4 nitrogen and oxygen atoms in total. The van der Waals surface area contributed by atoms with Gasteiger partial charge in [-0.25, -0.2) is 4.79 Å². The number of carbonyl (C=O) groups is 2. The predicted octanol–water partition coefficient (Wildman–Crippen LogP) is 5.87. The molecule has 1 amide bonds. The molecule has 1 aromatic heterocycles. The van der Waals surface area contributed by atoms with Gasteiger partial charge in [0.25, 0.3) is 0 Å². The van der Waals surface area contributed by atoms with Crippen molar-refractivity contribution in [2.75, 3.05) is 12.4 Å². The van der Waals surface area contributed by atoms with Gasteiger partial charge in [-0.05, 0) is 30.0 Å². The Hall–Kier alpha value is -1.66. The summed E-state index contributed by atoms with van der Waals surface area (Å²) in [5, 5.41) is 5.37. The Bertz CT molecular complexity index is 779. The van der Waals surface area contributed by atoms with E-state index in [9.17, 15) is 9.59 Å². The smallest absolute Gasteiger partial charge is 0.341 e. The molecule has 0 saturated heterocycles. The van der Waals surface area contributed by atoms with Crippen LogP contribution in [0, 0.1) is 5.92 Å². The number of hydrogen-bond acceptors (Lipinski definition) is 4. The molecular formula is C20H22BrNO3S. The van der Waals surface area contributed by atoms with Gasteiger partial charge in [0.1, 0.15) is 10.6 Å². The number of amides is 1. The Morgan fingerprint density at radius 3 is 2.58 bits per heavy atom. The highest BCUT2D eigenvalue weighted by Crippen LogP contribution is 2.37. The van der Waals surface area contributed by atoms with Crippen LogP contribution in [0.4, 0.5) is 5.00 Å². The highest BCUT2D eigenvalue weighted by atomic mass is 79.9. The number of nitrogens with one attached hydrogen (secondary N) is 1. The molecule has 3 rings (SSSR count). The lowest BCUT2D eigenvalue weighted by Crippen LogP contribution is -2.14. The summed E-state index contributed by atoms with van der Waals surface area (Å²) < 4.78 is 5.92. The molecule has 2 aromatic rings. The van der Waals surface area contributed by atoms with Crippen molar-refractivity contribution in [2.24, 2.45) is 5.92 Å². The van der Waals surface area contributed by atoms with Crippen LogP contribution in [0.2, 0.25) is 0 Å². The second-order valence-electron chi connectivity index (χ2n) is 6.59. The van der Waals surface area contributed by atoms with Crippen molar-refractivity contribution in [3.8, 4) is 11.1 Å². The molecule has 1 aliphatic carbocycles. The van der Waals surface area contributed by atoms with Crippen LogP contribution in [-0.2, 0) is 9.53 Å². The third-order valence-corrected chi connectivity index (χ3v) is 6.27. The van der Waals surface area contributed by atoms with Gasteiger partial charge in [0.15, 0.2) is 0 Å². The Morgan fingerprint density at radius 2 is 1.92 bits per heavy atom. The van der Waals surface area contributed by atoms with E-state index in [-0.39, 0.29) is 5.91 Å². The normalized spacial score (nSPS) is 14.4. The Morgan fingerprint density at radius 1 is 1.23 bits per heavy atom. The molecule has 0 radical (unpaired) electrons. The molecule has 0 atom stereocenters. The Labute approximate surface area is 166 Å². The standard InChI is InChI=1S/C20H22BrNO3S/c1-25-20(24)18-16(14-7-9-15(21)10-8-14)12-26-19(18)22-17(23)11-6-13-4-2-3-5-13/h7-10,12-13H,2-6,11H2,1H3,(H,22,23). The first-order chi connectivity index (χ1) is 12.6. The first kappa shape index (κ1) is 19.1. The molecule has 1 aliphatic rings. The molecule has 26 heavy (non-hydrogen) atoms. The fourth-order valence-electron chi connectivity index (χ4n) is 3.42. The van der Waals surface area contributed by atoms with Crippen molar-refractivity contribution in [1.29, 1.82) is 0 Å². The molecule has 0 bridgehead atoms. The number of thiophene rings is 1. The minimum absolute atomic E-state index is 0.0359. The average Bonchev–Trinajstić information content (AvgIpc) is 3.30. The van der Waals surface area contributed by atoms with Crippen molar-refractivity contribution in [3.63, 3.8) is 0 Å². The number of esters is 1. The third kappa shape index (κ3) is 4.54. The highest BCUT2D eigenvalue weighted by Gasteiger charge is 2.23. The number of rotatable bonds is 6. The quantitative estimate of drug-likeness (QED) is 0.576. The number of ether oxygens (including phenoxy) is 1. The van der Waals surface area contributed by atoms with Crippen LogP contribution < -0.4 is 5.32 Å². The van der Waals surface area contributed by atoms with E-state index in [2.05, 4.69) is 21.2 Å². The number of halogens is 1. The zero-order chi connectivity index (χ0) is 18.5. The summed E-state index contributed by atoms with van der Waals surface area (Å²) in [4.78, 5) is 24.7. The van der Waals surface area contributed by atoms with Crippen LogP contribution in [0.1, 0.15) is 48.9 Å². The van der Waals surface area contributed by atoms with Crippen molar-refractivity contribution in [1.82, 2.24) is 0 Å². The SMILES string of the molecule is COC(=O)c1c(-c2ccc(Br)cc2)csc1NC(=O)CCC1CCCC1. The van der Waals surface area contributed by atoms with Gasteiger partial charge in [0.2, 0.25) is 5.91 Å². The van der Waals surface area contributed by atoms with Gasteiger partial charge in [-0.3, -0.25) is 4.79 Å². The summed E-state index contributed by atoms with van der Waals surface area (Å²) in [6.45, 7) is 0. The molecule has 6 heteroatoms. The lowest BCUT2D eigenvalue weighted by molar-refractivity contribution is -0.116. The van der Waals surface area contributed by atoms with E-state index in [0.29, 0.717) is 22.9 Å². The summed E-state index contributed by atoms with van der Waals surface area (Å²) in [7, 11) is 1.36. The maximum atomic E-state index is 12.4. The molecule has 0 unspecified atom stereocenters. The Balaban J connectivity index is 1.77. The molecule has 0 spiro atoms. The van der Waals surface area contributed by atoms with Crippen LogP contribution in [0.3, 0.4) is 0 Å². The van der Waals surface area contributed by atoms with Crippen LogP contribution in [-0.4, -0.2) is 19.0 Å². The molecule has 1 N–H and O–H groups in total. The van der Waals surface area contributed by atoms with Crippen molar-refractivity contribution in [3.05, 3.63) is 39.7 Å². The summed E-state index contributed by atoms with van der Waals surface area (Å²) in [5.41, 5.74) is 2.12. The van der Waals surface area contributed by atoms with E-state index < -0.39 is 5.97 Å².